The number of nitrogens with zero attached hydrogens (tertiary/aromatic N) is 1. The van der Waals surface area contributed by atoms with E-state index in [0.717, 1.165) is 24.3 Å². The maximum Gasteiger partial charge on any atom is 0.198 e. The van der Waals surface area contributed by atoms with Crippen molar-refractivity contribution in [2.45, 2.75) is 12.8 Å². The van der Waals surface area contributed by atoms with Gasteiger partial charge in [0.15, 0.2) is 5.89 Å². The van der Waals surface area contributed by atoms with Crippen LogP contribution in [0.25, 0.3) is 0 Å². The van der Waals surface area contributed by atoms with Crippen LogP contribution < -0.4 is 5.32 Å². The fourth-order valence-electron chi connectivity index (χ4n) is 1.57. The highest BCUT2D eigenvalue weighted by molar-refractivity contribution is 5.19. The Labute approximate surface area is 99.7 Å². The first-order valence-corrected chi connectivity index (χ1v) is 5.60. The van der Waals surface area contributed by atoms with Gasteiger partial charge in [0.25, 0.3) is 0 Å². The van der Waals surface area contributed by atoms with Crippen molar-refractivity contribution in [3.8, 4) is 0 Å². The van der Waals surface area contributed by atoms with Gasteiger partial charge in [-0.2, -0.15) is 0 Å². The zero-order valence-corrected chi connectivity index (χ0v) is 9.74. The first kappa shape index (κ1) is 11.8. The van der Waals surface area contributed by atoms with Crippen molar-refractivity contribution in [2.75, 3.05) is 13.6 Å². The summed E-state index contributed by atoms with van der Waals surface area (Å²) >= 11 is 0. The summed E-state index contributed by atoms with van der Waals surface area (Å²) in [6.07, 6.45) is 3.17. The van der Waals surface area contributed by atoms with Crippen molar-refractivity contribution in [2.24, 2.45) is 0 Å². The smallest absolute Gasteiger partial charge is 0.198 e. The van der Waals surface area contributed by atoms with Gasteiger partial charge in [0, 0.05) is 19.4 Å². The molecule has 2 aromatic rings. The molecule has 17 heavy (non-hydrogen) atoms. The molecule has 1 aromatic carbocycles. The molecule has 2 rings (SSSR count). The molecule has 1 heterocycles. The molecule has 0 spiro atoms. The van der Waals surface area contributed by atoms with Gasteiger partial charge in [-0.25, -0.2) is 9.37 Å². The van der Waals surface area contributed by atoms with Gasteiger partial charge in [-0.05, 0) is 24.7 Å². The Morgan fingerprint density at radius 2 is 2.06 bits per heavy atom. The monoisotopic (exact) mass is 234 g/mol. The molecule has 0 unspecified atom stereocenters. The van der Waals surface area contributed by atoms with E-state index in [1.54, 1.807) is 18.3 Å². The largest absolute Gasteiger partial charge is 0.445 e. The molecule has 0 aliphatic heterocycles. The summed E-state index contributed by atoms with van der Waals surface area (Å²) in [5.41, 5.74) is 0.994. The Hall–Kier alpha value is -1.68. The van der Waals surface area contributed by atoms with Crippen LogP contribution in [0, 0.1) is 5.82 Å². The summed E-state index contributed by atoms with van der Waals surface area (Å²) < 4.78 is 18.3. The van der Waals surface area contributed by atoms with Crippen LogP contribution in [0.4, 0.5) is 4.39 Å². The predicted molar refractivity (Wildman–Crippen MR) is 63.3 cm³/mol. The maximum atomic E-state index is 12.7. The van der Waals surface area contributed by atoms with Crippen LogP contribution in [0.15, 0.2) is 34.9 Å². The number of likely N-dealkylation sites (N-methyl/N-ethyl adjacent to an activating group) is 1. The molecule has 0 saturated heterocycles. The minimum Gasteiger partial charge on any atom is -0.445 e. The Bertz CT molecular complexity index is 465. The van der Waals surface area contributed by atoms with E-state index in [4.69, 9.17) is 4.42 Å². The van der Waals surface area contributed by atoms with E-state index >= 15 is 0 Å². The summed E-state index contributed by atoms with van der Waals surface area (Å²) in [6.45, 7) is 0.866. The standard InChI is InChI=1S/C13H15FN2O/c1-15-7-6-12-9-16-13(17-12)8-10-2-4-11(14)5-3-10/h2-5,9,15H,6-8H2,1H3. The third-order valence-electron chi connectivity index (χ3n) is 2.49. The molecule has 4 heteroatoms. The molecular weight excluding hydrogens is 219 g/mol. The zero-order chi connectivity index (χ0) is 12.1. The Morgan fingerprint density at radius 1 is 1.29 bits per heavy atom. The summed E-state index contributed by atoms with van der Waals surface area (Å²) in [5, 5.41) is 3.05. The van der Waals surface area contributed by atoms with E-state index in [9.17, 15) is 4.39 Å². The molecule has 0 amide bonds. The normalized spacial score (nSPS) is 10.7. The van der Waals surface area contributed by atoms with Gasteiger partial charge < -0.3 is 9.73 Å². The second-order valence-electron chi connectivity index (χ2n) is 3.88. The van der Waals surface area contributed by atoms with Crippen LogP contribution in [-0.2, 0) is 12.8 Å². The third kappa shape index (κ3) is 3.39. The highest BCUT2D eigenvalue weighted by Crippen LogP contribution is 2.11. The zero-order valence-electron chi connectivity index (χ0n) is 9.74. The summed E-state index contributed by atoms with van der Waals surface area (Å²) in [4.78, 5) is 4.20. The lowest BCUT2D eigenvalue weighted by Crippen LogP contribution is -2.09. The molecule has 0 atom stereocenters. The minimum absolute atomic E-state index is 0.226. The van der Waals surface area contributed by atoms with Gasteiger partial charge in [-0.3, -0.25) is 0 Å². The van der Waals surface area contributed by atoms with Gasteiger partial charge in [0.1, 0.15) is 11.6 Å². The van der Waals surface area contributed by atoms with E-state index in [0.29, 0.717) is 12.3 Å². The molecular formula is C13H15FN2O. The number of hydrogen-bond acceptors (Lipinski definition) is 3. The van der Waals surface area contributed by atoms with Crippen LogP contribution in [0.5, 0.6) is 0 Å². The second kappa shape index (κ2) is 5.59. The van der Waals surface area contributed by atoms with Crippen LogP contribution in [0.1, 0.15) is 17.2 Å². The summed E-state index contributed by atoms with van der Waals surface area (Å²) in [6, 6.07) is 6.37. The first-order valence-electron chi connectivity index (χ1n) is 5.60. The first-order chi connectivity index (χ1) is 8.28. The van der Waals surface area contributed by atoms with Crippen molar-refractivity contribution >= 4 is 0 Å². The van der Waals surface area contributed by atoms with E-state index in [1.807, 2.05) is 7.05 Å². The van der Waals surface area contributed by atoms with Gasteiger partial charge in [0.2, 0.25) is 0 Å². The number of hydrogen-bond donors (Lipinski definition) is 1. The number of rotatable bonds is 5. The lowest BCUT2D eigenvalue weighted by molar-refractivity contribution is 0.460. The fraction of sp³-hybridized carbons (Fsp3) is 0.308. The topological polar surface area (TPSA) is 38.1 Å². The number of halogens is 1. The highest BCUT2D eigenvalue weighted by Gasteiger charge is 2.04. The molecule has 0 saturated carbocycles. The van der Waals surface area contributed by atoms with E-state index in [1.165, 1.54) is 12.1 Å². The molecule has 0 aliphatic carbocycles. The molecule has 1 N–H and O–H groups in total. The lowest BCUT2D eigenvalue weighted by atomic mass is 10.1. The van der Waals surface area contributed by atoms with Crippen LogP contribution >= 0.6 is 0 Å². The Morgan fingerprint density at radius 3 is 2.76 bits per heavy atom. The number of aromatic nitrogens is 1. The molecule has 0 radical (unpaired) electrons. The number of nitrogens with one attached hydrogen (secondary N) is 1. The summed E-state index contributed by atoms with van der Waals surface area (Å²) in [7, 11) is 1.90. The fourth-order valence-corrected chi connectivity index (χ4v) is 1.57. The molecule has 0 aliphatic rings. The van der Waals surface area contributed by atoms with Crippen LogP contribution in [-0.4, -0.2) is 18.6 Å². The van der Waals surface area contributed by atoms with Gasteiger partial charge in [-0.15, -0.1) is 0 Å². The molecule has 3 nitrogen and oxygen atoms in total. The quantitative estimate of drug-likeness (QED) is 0.861. The minimum atomic E-state index is -0.226. The van der Waals surface area contributed by atoms with Crippen molar-refractivity contribution < 1.29 is 8.81 Å². The van der Waals surface area contributed by atoms with Crippen molar-refractivity contribution in [3.63, 3.8) is 0 Å². The van der Waals surface area contributed by atoms with Crippen LogP contribution in [0.3, 0.4) is 0 Å². The Kier molecular flexibility index (Phi) is 3.88. The molecule has 0 bridgehead atoms. The number of oxazole rings is 1. The average Bonchev–Trinajstić information content (AvgIpc) is 2.77. The van der Waals surface area contributed by atoms with Crippen molar-refractivity contribution in [3.05, 3.63) is 53.5 Å². The van der Waals surface area contributed by atoms with E-state index in [2.05, 4.69) is 10.3 Å². The van der Waals surface area contributed by atoms with E-state index in [-0.39, 0.29) is 5.82 Å². The summed E-state index contributed by atoms with van der Waals surface area (Å²) in [5.74, 6) is 1.31. The van der Waals surface area contributed by atoms with Crippen molar-refractivity contribution in [1.82, 2.24) is 10.3 Å². The predicted octanol–water partition coefficient (Wildman–Crippen LogP) is 2.17. The maximum absolute atomic E-state index is 12.7. The van der Waals surface area contributed by atoms with Gasteiger partial charge >= 0.3 is 0 Å². The molecule has 90 valence electrons. The van der Waals surface area contributed by atoms with Crippen molar-refractivity contribution in [1.29, 1.82) is 0 Å². The SMILES string of the molecule is CNCCc1cnc(Cc2ccc(F)cc2)o1. The van der Waals surface area contributed by atoms with Gasteiger partial charge in [0.05, 0.1) is 6.20 Å². The third-order valence-corrected chi connectivity index (χ3v) is 2.49. The lowest BCUT2D eigenvalue weighted by Gasteiger charge is -1.97. The molecule has 0 fully saturated rings. The Balaban J connectivity index is 1.98. The average molecular weight is 234 g/mol. The highest BCUT2D eigenvalue weighted by atomic mass is 19.1. The van der Waals surface area contributed by atoms with E-state index < -0.39 is 0 Å². The van der Waals surface area contributed by atoms with Crippen LogP contribution in [0.2, 0.25) is 0 Å². The van der Waals surface area contributed by atoms with Gasteiger partial charge in [-0.1, -0.05) is 12.1 Å². The second-order valence-corrected chi connectivity index (χ2v) is 3.88. The molecule has 1 aromatic heterocycles. The number of benzene rings is 1.